The molecule has 2 aliphatic rings. The zero-order chi connectivity index (χ0) is 19.9. The van der Waals surface area contributed by atoms with E-state index in [1.807, 2.05) is 29.2 Å². The molecule has 3 rings (SSSR count). The molecule has 0 unspecified atom stereocenters. The maximum Gasteiger partial charge on any atom is 0.239 e. The van der Waals surface area contributed by atoms with Gasteiger partial charge in [-0.25, -0.2) is 0 Å². The molecule has 1 aromatic rings. The summed E-state index contributed by atoms with van der Waals surface area (Å²) >= 11 is 0. The van der Waals surface area contributed by atoms with E-state index in [0.29, 0.717) is 45.4 Å². The topological polar surface area (TPSA) is 82.2 Å². The van der Waals surface area contributed by atoms with Crippen LogP contribution >= 0.6 is 0 Å². The highest BCUT2D eigenvalue weighted by atomic mass is 16.5. The normalized spacial score (nSPS) is 17.3. The molecule has 3 amide bonds. The third-order valence-corrected chi connectivity index (χ3v) is 5.23. The van der Waals surface area contributed by atoms with Gasteiger partial charge < -0.3 is 24.8 Å². The van der Waals surface area contributed by atoms with Crippen LogP contribution < -0.4 is 15.0 Å². The summed E-state index contributed by atoms with van der Waals surface area (Å²) in [5, 5.41) is 2.70. The molecule has 1 aromatic carbocycles. The van der Waals surface area contributed by atoms with Gasteiger partial charge in [0.15, 0.2) is 0 Å². The van der Waals surface area contributed by atoms with E-state index in [1.54, 1.807) is 12.0 Å². The maximum atomic E-state index is 12.5. The van der Waals surface area contributed by atoms with Crippen LogP contribution in [0.5, 0.6) is 5.75 Å². The van der Waals surface area contributed by atoms with Crippen LogP contribution in [-0.2, 0) is 14.4 Å². The number of ether oxygens (including phenoxy) is 1. The van der Waals surface area contributed by atoms with Gasteiger partial charge in [-0.3, -0.25) is 14.4 Å². The number of para-hydroxylation sites is 2. The molecule has 2 saturated heterocycles. The Balaban J connectivity index is 1.40. The van der Waals surface area contributed by atoms with Gasteiger partial charge in [0.25, 0.3) is 0 Å². The number of nitrogens with one attached hydrogen (secondary N) is 1. The first-order chi connectivity index (χ1) is 13.6. The van der Waals surface area contributed by atoms with E-state index in [-0.39, 0.29) is 24.3 Å². The van der Waals surface area contributed by atoms with Gasteiger partial charge >= 0.3 is 0 Å². The van der Waals surface area contributed by atoms with Crippen molar-refractivity contribution in [2.24, 2.45) is 0 Å². The van der Waals surface area contributed by atoms with Crippen molar-refractivity contribution in [2.45, 2.75) is 19.3 Å². The standard InChI is InChI=1S/C20H28N4O4/c1-28-17-6-3-2-5-16(17)22-11-13-23(14-12-22)19(26)7-4-8-20(27)24-10-9-21-18(25)15-24/h2-3,5-6H,4,7-15H2,1H3,(H,21,25). The molecule has 0 atom stereocenters. The first-order valence-electron chi connectivity index (χ1n) is 9.78. The molecule has 28 heavy (non-hydrogen) atoms. The van der Waals surface area contributed by atoms with Gasteiger partial charge in [0, 0.05) is 52.1 Å². The van der Waals surface area contributed by atoms with E-state index in [4.69, 9.17) is 4.74 Å². The number of rotatable bonds is 6. The minimum absolute atomic E-state index is 0.0522. The Morgan fingerprint density at radius 3 is 2.36 bits per heavy atom. The van der Waals surface area contributed by atoms with Gasteiger partial charge in [0.1, 0.15) is 5.75 Å². The summed E-state index contributed by atoms with van der Waals surface area (Å²) in [7, 11) is 1.66. The number of methoxy groups -OCH3 is 1. The first kappa shape index (κ1) is 20.0. The van der Waals surface area contributed by atoms with Crippen molar-refractivity contribution in [1.29, 1.82) is 0 Å². The number of amides is 3. The molecular weight excluding hydrogens is 360 g/mol. The van der Waals surface area contributed by atoms with Crippen molar-refractivity contribution < 1.29 is 19.1 Å². The molecule has 8 heteroatoms. The van der Waals surface area contributed by atoms with E-state index >= 15 is 0 Å². The number of nitrogens with zero attached hydrogens (tertiary/aromatic N) is 3. The van der Waals surface area contributed by atoms with Crippen LogP contribution in [-0.4, -0.2) is 80.4 Å². The molecule has 0 bridgehead atoms. The van der Waals surface area contributed by atoms with Crippen molar-refractivity contribution in [1.82, 2.24) is 15.1 Å². The average molecular weight is 388 g/mol. The van der Waals surface area contributed by atoms with E-state index < -0.39 is 0 Å². The highest BCUT2D eigenvalue weighted by molar-refractivity contribution is 5.86. The molecule has 2 fully saturated rings. The van der Waals surface area contributed by atoms with Crippen molar-refractivity contribution in [3.63, 3.8) is 0 Å². The number of carbonyl (C=O) groups excluding carboxylic acids is 3. The average Bonchev–Trinajstić information content (AvgIpc) is 2.73. The summed E-state index contributed by atoms with van der Waals surface area (Å²) in [4.78, 5) is 41.7. The number of hydrogen-bond donors (Lipinski definition) is 1. The molecule has 152 valence electrons. The second-order valence-electron chi connectivity index (χ2n) is 7.06. The van der Waals surface area contributed by atoms with E-state index in [2.05, 4.69) is 10.2 Å². The third-order valence-electron chi connectivity index (χ3n) is 5.23. The fraction of sp³-hybridized carbons (Fsp3) is 0.550. The summed E-state index contributed by atoms with van der Waals surface area (Å²) in [6, 6.07) is 7.90. The lowest BCUT2D eigenvalue weighted by molar-refractivity contribution is -0.138. The summed E-state index contributed by atoms with van der Waals surface area (Å²) in [6.45, 7) is 4.01. The van der Waals surface area contributed by atoms with E-state index in [1.165, 1.54) is 0 Å². The Kier molecular flexibility index (Phi) is 6.73. The lowest BCUT2D eigenvalue weighted by atomic mass is 10.1. The molecule has 1 N–H and O–H groups in total. The molecular formula is C20H28N4O4. The second kappa shape index (κ2) is 9.43. The molecule has 8 nitrogen and oxygen atoms in total. The Bertz CT molecular complexity index is 716. The second-order valence-corrected chi connectivity index (χ2v) is 7.06. The van der Waals surface area contributed by atoms with Crippen LogP contribution in [0.2, 0.25) is 0 Å². The molecule has 2 heterocycles. The smallest absolute Gasteiger partial charge is 0.239 e. The monoisotopic (exact) mass is 388 g/mol. The molecule has 0 saturated carbocycles. The Hall–Kier alpha value is -2.77. The summed E-state index contributed by atoms with van der Waals surface area (Å²) in [5.41, 5.74) is 1.05. The van der Waals surface area contributed by atoms with Crippen LogP contribution in [0.3, 0.4) is 0 Å². The summed E-state index contributed by atoms with van der Waals surface area (Å²) in [5.74, 6) is 0.753. The van der Waals surface area contributed by atoms with Crippen molar-refractivity contribution in [2.75, 3.05) is 57.8 Å². The third kappa shape index (κ3) is 4.94. The van der Waals surface area contributed by atoms with Crippen LogP contribution in [0.15, 0.2) is 24.3 Å². The largest absolute Gasteiger partial charge is 0.495 e. The zero-order valence-electron chi connectivity index (χ0n) is 16.4. The van der Waals surface area contributed by atoms with Crippen LogP contribution in [0, 0.1) is 0 Å². The van der Waals surface area contributed by atoms with Crippen LogP contribution in [0.25, 0.3) is 0 Å². The van der Waals surface area contributed by atoms with Crippen LogP contribution in [0.1, 0.15) is 19.3 Å². The lowest BCUT2D eigenvalue weighted by Gasteiger charge is -2.36. The predicted molar refractivity (Wildman–Crippen MR) is 105 cm³/mol. The Labute approximate surface area is 165 Å². The fourth-order valence-electron chi connectivity index (χ4n) is 3.65. The molecule has 0 spiro atoms. The van der Waals surface area contributed by atoms with Gasteiger partial charge in [-0.1, -0.05) is 12.1 Å². The molecule has 0 radical (unpaired) electrons. The van der Waals surface area contributed by atoms with Crippen molar-refractivity contribution >= 4 is 23.4 Å². The van der Waals surface area contributed by atoms with Gasteiger partial charge in [-0.15, -0.1) is 0 Å². The van der Waals surface area contributed by atoms with Gasteiger partial charge in [0.2, 0.25) is 17.7 Å². The van der Waals surface area contributed by atoms with Crippen molar-refractivity contribution in [3.8, 4) is 5.75 Å². The predicted octanol–water partition coefficient (Wildman–Crippen LogP) is 0.473. The lowest BCUT2D eigenvalue weighted by Crippen LogP contribution is -2.50. The van der Waals surface area contributed by atoms with E-state index in [9.17, 15) is 14.4 Å². The fourth-order valence-corrected chi connectivity index (χ4v) is 3.65. The summed E-state index contributed by atoms with van der Waals surface area (Å²) in [6.07, 6.45) is 1.18. The number of anilines is 1. The van der Waals surface area contributed by atoms with Crippen LogP contribution in [0.4, 0.5) is 5.69 Å². The number of hydrogen-bond acceptors (Lipinski definition) is 5. The zero-order valence-corrected chi connectivity index (χ0v) is 16.4. The Morgan fingerprint density at radius 2 is 1.68 bits per heavy atom. The Morgan fingerprint density at radius 1 is 1.00 bits per heavy atom. The minimum atomic E-state index is -0.122. The SMILES string of the molecule is COc1ccccc1N1CCN(C(=O)CCCC(=O)N2CCNC(=O)C2)CC1. The molecule has 0 aliphatic carbocycles. The first-order valence-corrected chi connectivity index (χ1v) is 9.78. The highest BCUT2D eigenvalue weighted by Crippen LogP contribution is 2.28. The van der Waals surface area contributed by atoms with Gasteiger partial charge in [-0.2, -0.15) is 0 Å². The number of benzene rings is 1. The van der Waals surface area contributed by atoms with Gasteiger partial charge in [0.05, 0.1) is 19.3 Å². The highest BCUT2D eigenvalue weighted by Gasteiger charge is 2.24. The quantitative estimate of drug-likeness (QED) is 0.766. The van der Waals surface area contributed by atoms with Crippen molar-refractivity contribution in [3.05, 3.63) is 24.3 Å². The number of piperazine rings is 2. The molecule has 0 aromatic heterocycles. The maximum absolute atomic E-state index is 12.5. The molecule has 2 aliphatic heterocycles. The van der Waals surface area contributed by atoms with Gasteiger partial charge in [-0.05, 0) is 18.6 Å². The summed E-state index contributed by atoms with van der Waals surface area (Å²) < 4.78 is 5.42. The minimum Gasteiger partial charge on any atom is -0.495 e. The number of carbonyl (C=O) groups is 3. The van der Waals surface area contributed by atoms with E-state index in [0.717, 1.165) is 24.5 Å².